The van der Waals surface area contributed by atoms with Gasteiger partial charge in [0.1, 0.15) is 0 Å². The van der Waals surface area contributed by atoms with E-state index < -0.39 is 11.8 Å². The first-order chi connectivity index (χ1) is 11.8. The van der Waals surface area contributed by atoms with Crippen molar-refractivity contribution in [3.05, 3.63) is 52.4 Å². The molecule has 3 amide bonds. The first-order valence-corrected chi connectivity index (χ1v) is 8.10. The second kappa shape index (κ2) is 8.40. The molecule has 4 N–H and O–H groups in total. The minimum atomic E-state index is -0.558. The molecule has 0 fully saturated rings. The zero-order valence-electron chi connectivity index (χ0n) is 12.9. The summed E-state index contributed by atoms with van der Waals surface area (Å²) in [6.07, 6.45) is 0. The van der Waals surface area contributed by atoms with E-state index in [0.717, 1.165) is 0 Å². The second-order valence-electron chi connectivity index (χ2n) is 4.72. The largest absolute Gasteiger partial charge is 0.444 e. The van der Waals surface area contributed by atoms with Crippen LogP contribution in [0.2, 0.25) is 0 Å². The number of carbonyl (C=O) groups excluding carboxylic acids is 3. The van der Waals surface area contributed by atoms with Crippen molar-refractivity contribution < 1.29 is 18.8 Å². The molecule has 0 saturated heterocycles. The highest BCUT2D eigenvalue weighted by molar-refractivity contribution is 9.10. The van der Waals surface area contributed by atoms with Crippen LogP contribution in [0.5, 0.6) is 0 Å². The van der Waals surface area contributed by atoms with Crippen molar-refractivity contribution in [2.45, 2.75) is 6.92 Å². The van der Waals surface area contributed by atoms with Crippen molar-refractivity contribution in [1.82, 2.24) is 16.2 Å². The van der Waals surface area contributed by atoms with Crippen LogP contribution < -0.4 is 21.5 Å². The van der Waals surface area contributed by atoms with Crippen molar-refractivity contribution in [1.29, 1.82) is 0 Å². The standard InChI is InChI=1S/C15H13BrN4O4S/c1-8(21)17-10-4-2-9(3-5-10)13(22)19-20-15(25)18-14(23)11-6-7-12(16)24-11/h2-7H,1H3,(H,17,21)(H,19,22)(H2,18,20,23,25). The minimum Gasteiger partial charge on any atom is -0.444 e. The number of amides is 3. The van der Waals surface area contributed by atoms with Crippen LogP contribution in [-0.2, 0) is 4.79 Å². The summed E-state index contributed by atoms with van der Waals surface area (Å²) in [6.45, 7) is 1.39. The van der Waals surface area contributed by atoms with E-state index in [1.807, 2.05) is 0 Å². The number of hydrazine groups is 1. The lowest BCUT2D eigenvalue weighted by atomic mass is 10.2. The Morgan fingerprint density at radius 3 is 2.24 bits per heavy atom. The van der Waals surface area contributed by atoms with Crippen LogP contribution in [0.3, 0.4) is 0 Å². The van der Waals surface area contributed by atoms with Crippen molar-refractivity contribution in [2.75, 3.05) is 5.32 Å². The Bertz CT molecular complexity index is 819. The average molecular weight is 425 g/mol. The van der Waals surface area contributed by atoms with Gasteiger partial charge in [-0.15, -0.1) is 0 Å². The molecule has 0 bridgehead atoms. The highest BCUT2D eigenvalue weighted by Crippen LogP contribution is 2.13. The third-order valence-electron chi connectivity index (χ3n) is 2.78. The van der Waals surface area contributed by atoms with E-state index >= 15 is 0 Å². The third kappa shape index (κ3) is 5.69. The molecule has 1 aromatic carbocycles. The molecule has 2 rings (SSSR count). The van der Waals surface area contributed by atoms with Crippen molar-refractivity contribution in [3.8, 4) is 0 Å². The van der Waals surface area contributed by atoms with Crippen LogP contribution >= 0.6 is 28.1 Å². The maximum Gasteiger partial charge on any atom is 0.293 e. The van der Waals surface area contributed by atoms with E-state index in [0.29, 0.717) is 15.9 Å². The van der Waals surface area contributed by atoms with Gasteiger partial charge in [0.2, 0.25) is 5.91 Å². The Kier molecular flexibility index (Phi) is 6.25. The molecule has 0 aliphatic carbocycles. The maximum absolute atomic E-state index is 12.0. The topological polar surface area (TPSA) is 112 Å². The molecule has 8 nitrogen and oxygen atoms in total. The molecule has 0 atom stereocenters. The molecule has 10 heteroatoms. The zero-order valence-corrected chi connectivity index (χ0v) is 15.3. The van der Waals surface area contributed by atoms with E-state index in [1.165, 1.54) is 25.1 Å². The smallest absolute Gasteiger partial charge is 0.293 e. The van der Waals surface area contributed by atoms with Gasteiger partial charge in [0.05, 0.1) is 0 Å². The molecular weight excluding hydrogens is 412 g/mol. The van der Waals surface area contributed by atoms with E-state index in [4.69, 9.17) is 16.6 Å². The Morgan fingerprint density at radius 2 is 1.68 bits per heavy atom. The van der Waals surface area contributed by atoms with Crippen LogP contribution in [0.25, 0.3) is 0 Å². The predicted octanol–water partition coefficient (Wildman–Crippen LogP) is 1.95. The van der Waals surface area contributed by atoms with E-state index in [2.05, 4.69) is 37.4 Å². The average Bonchev–Trinajstić information content (AvgIpc) is 2.99. The number of thiocarbonyl (C=S) groups is 1. The molecule has 2 aromatic rings. The number of nitrogens with one attached hydrogen (secondary N) is 4. The number of anilines is 1. The summed E-state index contributed by atoms with van der Waals surface area (Å²) in [7, 11) is 0. The molecule has 25 heavy (non-hydrogen) atoms. The fourth-order valence-electron chi connectivity index (χ4n) is 1.73. The summed E-state index contributed by atoms with van der Waals surface area (Å²) in [5, 5.41) is 4.85. The summed E-state index contributed by atoms with van der Waals surface area (Å²) >= 11 is 8.00. The molecule has 0 aliphatic heterocycles. The number of hydrogen-bond acceptors (Lipinski definition) is 5. The number of hydrogen-bond donors (Lipinski definition) is 4. The molecule has 0 unspecified atom stereocenters. The van der Waals surface area contributed by atoms with Gasteiger partial charge in [-0.25, -0.2) is 0 Å². The van der Waals surface area contributed by atoms with Crippen molar-refractivity contribution >= 4 is 56.7 Å². The molecule has 1 heterocycles. The summed E-state index contributed by atoms with van der Waals surface area (Å²) < 4.78 is 5.49. The SMILES string of the molecule is CC(=O)Nc1ccc(C(=O)NNC(=S)NC(=O)c2ccc(Br)o2)cc1. The normalized spacial score (nSPS) is 9.84. The lowest BCUT2D eigenvalue weighted by molar-refractivity contribution is -0.114. The van der Waals surface area contributed by atoms with Gasteiger partial charge >= 0.3 is 0 Å². The van der Waals surface area contributed by atoms with Gasteiger partial charge in [-0.3, -0.25) is 30.6 Å². The molecule has 0 aliphatic rings. The van der Waals surface area contributed by atoms with Crippen LogP contribution in [0.4, 0.5) is 5.69 Å². The highest BCUT2D eigenvalue weighted by Gasteiger charge is 2.12. The summed E-state index contributed by atoms with van der Waals surface area (Å²) in [4.78, 5) is 34.7. The monoisotopic (exact) mass is 424 g/mol. The number of carbonyl (C=O) groups is 3. The second-order valence-corrected chi connectivity index (χ2v) is 5.91. The Balaban J connectivity index is 1.83. The number of benzene rings is 1. The van der Waals surface area contributed by atoms with Gasteiger partial charge in [0, 0.05) is 18.2 Å². The minimum absolute atomic E-state index is 0.0657. The zero-order chi connectivity index (χ0) is 18.4. The molecule has 130 valence electrons. The van der Waals surface area contributed by atoms with Crippen molar-refractivity contribution in [3.63, 3.8) is 0 Å². The Labute approximate surface area is 156 Å². The van der Waals surface area contributed by atoms with E-state index in [-0.39, 0.29) is 16.8 Å². The van der Waals surface area contributed by atoms with Crippen molar-refractivity contribution in [2.24, 2.45) is 0 Å². The number of rotatable bonds is 3. The Hall–Kier alpha value is -2.72. The van der Waals surface area contributed by atoms with Crippen LogP contribution in [0.15, 0.2) is 45.5 Å². The first-order valence-electron chi connectivity index (χ1n) is 6.90. The molecular formula is C15H13BrN4O4S. The third-order valence-corrected chi connectivity index (χ3v) is 3.41. The van der Waals surface area contributed by atoms with Gasteiger partial charge in [-0.1, -0.05) is 0 Å². The predicted molar refractivity (Wildman–Crippen MR) is 97.8 cm³/mol. The fraction of sp³-hybridized carbons (Fsp3) is 0.0667. The quantitative estimate of drug-likeness (QED) is 0.442. The van der Waals surface area contributed by atoms with Crippen LogP contribution in [0, 0.1) is 0 Å². The molecule has 0 radical (unpaired) electrons. The van der Waals surface area contributed by atoms with Crippen LogP contribution in [0.1, 0.15) is 27.8 Å². The lowest BCUT2D eigenvalue weighted by Gasteiger charge is -2.10. The van der Waals surface area contributed by atoms with Gasteiger partial charge in [-0.2, -0.15) is 0 Å². The molecule has 0 saturated carbocycles. The Morgan fingerprint density at radius 1 is 1.00 bits per heavy atom. The fourth-order valence-corrected chi connectivity index (χ4v) is 2.18. The summed E-state index contributed by atoms with van der Waals surface area (Å²) in [5.74, 6) is -1.16. The van der Waals surface area contributed by atoms with E-state index in [1.54, 1.807) is 18.2 Å². The summed E-state index contributed by atoms with van der Waals surface area (Å²) in [5.41, 5.74) is 5.67. The summed E-state index contributed by atoms with van der Waals surface area (Å²) in [6, 6.07) is 9.28. The van der Waals surface area contributed by atoms with Gasteiger partial charge < -0.3 is 9.73 Å². The van der Waals surface area contributed by atoms with Gasteiger partial charge in [0.15, 0.2) is 15.5 Å². The lowest BCUT2D eigenvalue weighted by Crippen LogP contribution is -2.48. The van der Waals surface area contributed by atoms with Gasteiger partial charge in [0.25, 0.3) is 11.8 Å². The number of furan rings is 1. The van der Waals surface area contributed by atoms with Crippen LogP contribution in [-0.4, -0.2) is 22.8 Å². The van der Waals surface area contributed by atoms with E-state index in [9.17, 15) is 14.4 Å². The molecule has 1 aromatic heterocycles. The number of halogens is 1. The molecule has 0 spiro atoms. The van der Waals surface area contributed by atoms with Gasteiger partial charge in [-0.05, 0) is 64.5 Å². The first kappa shape index (κ1) is 18.6. The maximum atomic E-state index is 12.0. The highest BCUT2D eigenvalue weighted by atomic mass is 79.9.